The van der Waals surface area contributed by atoms with Crippen LogP contribution in [0.15, 0.2) is 48.5 Å². The average Bonchev–Trinajstić information content (AvgIpc) is 2.71. The third-order valence-corrected chi connectivity index (χ3v) is 7.46. The molecule has 0 spiro atoms. The summed E-state index contributed by atoms with van der Waals surface area (Å²) in [7, 11) is 1.42. The summed E-state index contributed by atoms with van der Waals surface area (Å²) in [5, 5.41) is 9.65. The van der Waals surface area contributed by atoms with E-state index in [0.29, 0.717) is 0 Å². The quantitative estimate of drug-likeness (QED) is 0.539. The molecular weight excluding hydrogens is 360 g/mol. The Bertz CT molecular complexity index is 919. The summed E-state index contributed by atoms with van der Waals surface area (Å²) in [4.78, 5) is 11.7. The average molecular weight is 389 g/mol. The first-order valence-electron chi connectivity index (χ1n) is 10.7. The topological polar surface area (TPSA) is 46.5 Å². The molecule has 4 bridgehead atoms. The second-order valence-corrected chi connectivity index (χ2v) is 9.40. The molecular formula is C26H28O3. The number of hydrogen-bond donors (Lipinski definition) is 1. The lowest BCUT2D eigenvalue weighted by Gasteiger charge is -2.57. The van der Waals surface area contributed by atoms with Gasteiger partial charge in [-0.1, -0.05) is 24.3 Å². The number of phenols is 1. The highest BCUT2D eigenvalue weighted by Gasteiger charge is 2.52. The van der Waals surface area contributed by atoms with E-state index < -0.39 is 0 Å². The molecule has 0 heterocycles. The fourth-order valence-corrected chi connectivity index (χ4v) is 6.66. The van der Waals surface area contributed by atoms with Gasteiger partial charge in [0.05, 0.1) is 7.11 Å². The van der Waals surface area contributed by atoms with Crippen molar-refractivity contribution in [3.8, 4) is 16.9 Å². The Morgan fingerprint density at radius 1 is 0.966 bits per heavy atom. The van der Waals surface area contributed by atoms with E-state index in [2.05, 4.69) is 18.2 Å². The molecule has 0 aliphatic heterocycles. The Kier molecular flexibility index (Phi) is 4.49. The number of hydrogen-bond acceptors (Lipinski definition) is 3. The molecule has 0 aromatic heterocycles. The minimum absolute atomic E-state index is 0.234. The highest BCUT2D eigenvalue weighted by molar-refractivity contribution is 5.87. The molecule has 3 nitrogen and oxygen atoms in total. The van der Waals surface area contributed by atoms with E-state index in [4.69, 9.17) is 4.74 Å². The number of aromatic hydroxyl groups is 1. The van der Waals surface area contributed by atoms with Crippen molar-refractivity contribution in [3.63, 3.8) is 0 Å². The highest BCUT2D eigenvalue weighted by Crippen LogP contribution is 2.61. The van der Waals surface area contributed by atoms with E-state index in [1.54, 1.807) is 18.2 Å². The molecule has 29 heavy (non-hydrogen) atoms. The fraction of sp³-hybridized carbons (Fsp3) is 0.423. The van der Waals surface area contributed by atoms with Gasteiger partial charge in [0.1, 0.15) is 5.75 Å². The zero-order chi connectivity index (χ0) is 20.0. The molecule has 0 amide bonds. The van der Waals surface area contributed by atoms with Crippen molar-refractivity contribution in [1.82, 2.24) is 0 Å². The number of ether oxygens (including phenoxy) is 1. The normalized spacial score (nSPS) is 30.0. The molecule has 4 saturated carbocycles. The van der Waals surface area contributed by atoms with Crippen molar-refractivity contribution in [2.24, 2.45) is 17.8 Å². The Labute approximate surface area is 172 Å². The molecule has 0 radical (unpaired) electrons. The van der Waals surface area contributed by atoms with E-state index in [-0.39, 0.29) is 17.1 Å². The van der Waals surface area contributed by atoms with Crippen LogP contribution in [0.4, 0.5) is 0 Å². The molecule has 0 atom stereocenters. The number of esters is 1. The molecule has 4 aliphatic rings. The van der Waals surface area contributed by atoms with Crippen LogP contribution in [0, 0.1) is 17.8 Å². The van der Waals surface area contributed by atoms with Gasteiger partial charge in [-0.05, 0) is 108 Å². The van der Waals surface area contributed by atoms with Crippen LogP contribution >= 0.6 is 0 Å². The third-order valence-electron chi connectivity index (χ3n) is 7.46. The lowest BCUT2D eigenvalue weighted by molar-refractivity contribution is -0.134. The van der Waals surface area contributed by atoms with Crippen molar-refractivity contribution in [1.29, 1.82) is 0 Å². The van der Waals surface area contributed by atoms with E-state index >= 15 is 0 Å². The van der Waals surface area contributed by atoms with Crippen LogP contribution in [0.25, 0.3) is 17.2 Å². The highest BCUT2D eigenvalue weighted by atomic mass is 16.5. The summed E-state index contributed by atoms with van der Waals surface area (Å²) >= 11 is 0. The zero-order valence-corrected chi connectivity index (χ0v) is 16.9. The van der Waals surface area contributed by atoms with E-state index in [9.17, 15) is 9.90 Å². The van der Waals surface area contributed by atoms with Crippen molar-refractivity contribution in [3.05, 3.63) is 59.7 Å². The Morgan fingerprint density at radius 3 is 2.14 bits per heavy atom. The predicted octanol–water partition coefficient (Wildman–Crippen LogP) is 5.71. The molecule has 150 valence electrons. The minimum atomic E-state index is -0.316. The van der Waals surface area contributed by atoms with Crippen LogP contribution in [-0.2, 0) is 14.9 Å². The number of carbonyl (C=O) groups is 1. The summed E-state index contributed by atoms with van der Waals surface area (Å²) in [6.07, 6.45) is 11.5. The number of rotatable bonds is 4. The van der Waals surface area contributed by atoms with Gasteiger partial charge < -0.3 is 9.84 Å². The first kappa shape index (κ1) is 18.5. The number of carbonyl (C=O) groups excluding carboxylic acids is 1. The lowest BCUT2D eigenvalue weighted by Crippen LogP contribution is -2.48. The Balaban J connectivity index is 1.60. The van der Waals surface area contributed by atoms with Crippen LogP contribution in [0.1, 0.15) is 49.7 Å². The maximum absolute atomic E-state index is 11.7. The van der Waals surface area contributed by atoms with Crippen LogP contribution in [0.2, 0.25) is 0 Å². The molecule has 6 rings (SSSR count). The van der Waals surface area contributed by atoms with Gasteiger partial charge in [0.25, 0.3) is 0 Å². The number of phenolic OH excluding ortho intramolecular Hbond substituents is 1. The van der Waals surface area contributed by atoms with Gasteiger partial charge in [0, 0.05) is 6.08 Å². The van der Waals surface area contributed by atoms with Crippen LogP contribution < -0.4 is 0 Å². The van der Waals surface area contributed by atoms with Gasteiger partial charge >= 0.3 is 5.97 Å². The maximum atomic E-state index is 11.7. The Hall–Kier alpha value is -2.55. The molecule has 2 aromatic rings. The SMILES string of the molecule is COC(=O)C=Cc1ccc(-c2ccc(O)cc2)cc1C12CC3CC(CC(C3)C1)C2. The third kappa shape index (κ3) is 3.37. The van der Waals surface area contributed by atoms with Gasteiger partial charge in [-0.2, -0.15) is 0 Å². The van der Waals surface area contributed by atoms with Gasteiger partial charge in [0.2, 0.25) is 0 Å². The molecule has 4 aliphatic carbocycles. The summed E-state index contributed by atoms with van der Waals surface area (Å²) in [6, 6.07) is 14.0. The monoisotopic (exact) mass is 388 g/mol. The van der Waals surface area contributed by atoms with Gasteiger partial charge in [0.15, 0.2) is 0 Å². The minimum Gasteiger partial charge on any atom is -0.508 e. The summed E-state index contributed by atoms with van der Waals surface area (Å²) in [6.45, 7) is 0. The van der Waals surface area contributed by atoms with Crippen molar-refractivity contribution in [2.45, 2.75) is 43.9 Å². The van der Waals surface area contributed by atoms with Crippen molar-refractivity contribution < 1.29 is 14.6 Å². The predicted molar refractivity (Wildman–Crippen MR) is 114 cm³/mol. The Morgan fingerprint density at radius 2 is 1.55 bits per heavy atom. The largest absolute Gasteiger partial charge is 0.508 e. The van der Waals surface area contributed by atoms with Crippen LogP contribution in [0.5, 0.6) is 5.75 Å². The molecule has 2 aromatic carbocycles. The second kappa shape index (κ2) is 7.05. The number of benzene rings is 2. The standard InChI is InChI=1S/C26H28O3/c1-29-25(28)9-6-21-2-3-22(20-4-7-23(27)8-5-20)13-24(21)26-14-17-10-18(15-26)12-19(11-17)16-26/h2-9,13,17-19,27H,10-12,14-16H2,1H3. The van der Waals surface area contributed by atoms with E-state index in [0.717, 1.165) is 28.9 Å². The van der Waals surface area contributed by atoms with Crippen LogP contribution in [-0.4, -0.2) is 18.2 Å². The zero-order valence-electron chi connectivity index (χ0n) is 16.9. The second-order valence-electron chi connectivity index (χ2n) is 9.40. The van der Waals surface area contributed by atoms with E-state index in [1.165, 1.54) is 56.8 Å². The summed E-state index contributed by atoms with van der Waals surface area (Å²) in [5.74, 6) is 2.54. The molecule has 0 saturated heterocycles. The maximum Gasteiger partial charge on any atom is 0.330 e. The lowest BCUT2D eigenvalue weighted by atomic mass is 9.47. The summed E-state index contributed by atoms with van der Waals surface area (Å²) < 4.78 is 4.82. The van der Waals surface area contributed by atoms with Crippen molar-refractivity contribution in [2.75, 3.05) is 7.11 Å². The van der Waals surface area contributed by atoms with Gasteiger partial charge in [-0.25, -0.2) is 4.79 Å². The first-order chi connectivity index (χ1) is 14.0. The number of methoxy groups -OCH3 is 1. The first-order valence-corrected chi connectivity index (χ1v) is 10.7. The smallest absolute Gasteiger partial charge is 0.330 e. The van der Waals surface area contributed by atoms with Crippen LogP contribution in [0.3, 0.4) is 0 Å². The van der Waals surface area contributed by atoms with Gasteiger partial charge in [-0.15, -0.1) is 0 Å². The van der Waals surface area contributed by atoms with Gasteiger partial charge in [-0.3, -0.25) is 0 Å². The van der Waals surface area contributed by atoms with Crippen molar-refractivity contribution >= 4 is 12.0 Å². The van der Waals surface area contributed by atoms with E-state index in [1.807, 2.05) is 18.2 Å². The molecule has 0 unspecified atom stereocenters. The fourth-order valence-electron chi connectivity index (χ4n) is 6.66. The molecule has 1 N–H and O–H groups in total. The summed E-state index contributed by atoms with van der Waals surface area (Å²) in [5.41, 5.74) is 5.04. The molecule has 4 fully saturated rings. The molecule has 3 heteroatoms.